The summed E-state index contributed by atoms with van der Waals surface area (Å²) in [6, 6.07) is 7.10. The quantitative estimate of drug-likeness (QED) is 0.428. The van der Waals surface area contributed by atoms with Crippen LogP contribution in [0.5, 0.6) is 0 Å². The molecule has 3 heterocycles. The van der Waals surface area contributed by atoms with Crippen LogP contribution in [0, 0.1) is 33.3 Å². The van der Waals surface area contributed by atoms with E-state index in [1.54, 1.807) is 16.6 Å². The second kappa shape index (κ2) is 7.33. The van der Waals surface area contributed by atoms with Crippen LogP contribution in [0.3, 0.4) is 0 Å². The number of non-ortho nitro benzene ring substituents is 1. The molecule has 6 atom stereocenters. The molecule has 3 aromatic rings. The van der Waals surface area contributed by atoms with Gasteiger partial charge in [-0.3, -0.25) is 14.9 Å². The maximum Gasteiger partial charge on any atom is 0.270 e. The van der Waals surface area contributed by atoms with Gasteiger partial charge in [0.1, 0.15) is 6.33 Å². The number of carbonyl (C=O) groups is 1. The Labute approximate surface area is 208 Å². The highest BCUT2D eigenvalue weighted by Crippen LogP contribution is 2.63. The number of aromatic nitrogens is 4. The number of nitrogens with one attached hydrogen (secondary N) is 1. The van der Waals surface area contributed by atoms with E-state index in [1.165, 1.54) is 12.4 Å². The number of nitrogens with zero attached hydrogens (tertiary/aromatic N) is 5. The molecule has 1 aromatic carbocycles. The van der Waals surface area contributed by atoms with Crippen molar-refractivity contribution in [3.63, 3.8) is 0 Å². The number of benzene rings is 1. The van der Waals surface area contributed by atoms with Gasteiger partial charge in [0.2, 0.25) is 5.91 Å². The van der Waals surface area contributed by atoms with E-state index in [2.05, 4.69) is 29.2 Å². The first-order chi connectivity index (χ1) is 17.3. The second-order valence-corrected chi connectivity index (χ2v) is 11.8. The molecule has 186 valence electrons. The van der Waals surface area contributed by atoms with Crippen molar-refractivity contribution in [2.75, 3.05) is 0 Å². The van der Waals surface area contributed by atoms with E-state index in [-0.39, 0.29) is 33.4 Å². The number of hydrogen-bond acceptors (Lipinski definition) is 6. The lowest BCUT2D eigenvalue weighted by Crippen LogP contribution is -2.61. The third kappa shape index (κ3) is 2.82. The average molecular weight is 487 g/mol. The van der Waals surface area contributed by atoms with E-state index in [4.69, 9.17) is 4.98 Å². The van der Waals surface area contributed by atoms with Gasteiger partial charge in [-0.1, -0.05) is 26.0 Å². The number of nitro benzene ring substituents is 1. The van der Waals surface area contributed by atoms with Crippen LogP contribution in [-0.2, 0) is 16.6 Å². The molecule has 4 aliphatic rings. The van der Waals surface area contributed by atoms with Gasteiger partial charge in [-0.05, 0) is 61.7 Å². The maximum absolute atomic E-state index is 12.2. The number of fused-ring (bicyclic) bond motifs is 8. The number of hydrogen-bond donors (Lipinski definition) is 1. The van der Waals surface area contributed by atoms with E-state index in [0.29, 0.717) is 30.0 Å². The van der Waals surface area contributed by atoms with Crippen molar-refractivity contribution in [1.29, 1.82) is 0 Å². The Bertz CT molecular complexity index is 1430. The monoisotopic (exact) mass is 486 g/mol. The maximum atomic E-state index is 12.2. The van der Waals surface area contributed by atoms with E-state index >= 15 is 0 Å². The summed E-state index contributed by atoms with van der Waals surface area (Å²) in [5.41, 5.74) is 4.05. The fraction of sp³-hybridized carbons (Fsp3) is 0.556. The molecule has 1 aliphatic heterocycles. The first-order valence-electron chi connectivity index (χ1n) is 13.1. The predicted octanol–water partition coefficient (Wildman–Crippen LogP) is 4.23. The molecule has 9 nitrogen and oxygen atoms in total. The molecule has 0 bridgehead atoms. The minimum atomic E-state index is -0.350. The van der Waals surface area contributed by atoms with Gasteiger partial charge in [-0.15, -0.1) is 0 Å². The molecule has 1 amide bonds. The molecule has 9 heteroatoms. The van der Waals surface area contributed by atoms with Crippen LogP contribution in [0.25, 0.3) is 17.0 Å². The Morgan fingerprint density at radius 2 is 2.03 bits per heavy atom. The van der Waals surface area contributed by atoms with Crippen molar-refractivity contribution in [2.24, 2.45) is 23.2 Å². The van der Waals surface area contributed by atoms with Gasteiger partial charge in [0, 0.05) is 41.1 Å². The molecule has 2 saturated carbocycles. The Balaban J connectivity index is 1.35. The zero-order valence-corrected chi connectivity index (χ0v) is 20.6. The van der Waals surface area contributed by atoms with Gasteiger partial charge in [0.25, 0.3) is 11.5 Å². The lowest BCUT2D eigenvalue weighted by molar-refractivity contribution is -0.384. The summed E-state index contributed by atoms with van der Waals surface area (Å²) in [4.78, 5) is 32.8. The molecule has 0 spiro atoms. The Kier molecular flexibility index (Phi) is 4.46. The molecular weight excluding hydrogens is 456 g/mol. The fourth-order valence-corrected chi connectivity index (χ4v) is 8.52. The summed E-state index contributed by atoms with van der Waals surface area (Å²) < 4.78 is 1.75. The van der Waals surface area contributed by atoms with E-state index in [0.717, 1.165) is 61.0 Å². The molecule has 1 saturated heterocycles. The summed E-state index contributed by atoms with van der Waals surface area (Å²) >= 11 is 0. The van der Waals surface area contributed by atoms with E-state index in [1.807, 2.05) is 6.07 Å². The molecular formula is C27H30N6O3. The van der Waals surface area contributed by atoms with Gasteiger partial charge in [-0.2, -0.15) is 14.6 Å². The van der Waals surface area contributed by atoms with Gasteiger partial charge in [-0.25, -0.2) is 4.98 Å². The van der Waals surface area contributed by atoms with E-state index in [9.17, 15) is 14.9 Å². The summed E-state index contributed by atoms with van der Waals surface area (Å²) in [6.45, 7) is 4.78. The zero-order valence-electron chi connectivity index (χ0n) is 20.6. The fourth-order valence-electron chi connectivity index (χ4n) is 8.52. The van der Waals surface area contributed by atoms with Crippen LogP contribution in [-0.4, -0.2) is 36.5 Å². The summed E-state index contributed by atoms with van der Waals surface area (Å²) in [5, 5.41) is 19.3. The first kappa shape index (κ1) is 21.9. The van der Waals surface area contributed by atoms with Crippen molar-refractivity contribution < 1.29 is 9.72 Å². The molecule has 1 N–H and O–H groups in total. The molecule has 0 radical (unpaired) electrons. The largest absolute Gasteiger partial charge is 0.353 e. The van der Waals surface area contributed by atoms with Gasteiger partial charge in [0.15, 0.2) is 0 Å². The lowest BCUT2D eigenvalue weighted by atomic mass is 9.47. The highest BCUT2D eigenvalue weighted by molar-refractivity contribution is 5.77. The average Bonchev–Trinajstić information content (AvgIpc) is 3.45. The summed E-state index contributed by atoms with van der Waals surface area (Å²) in [6.07, 6.45) is 8.31. The van der Waals surface area contributed by atoms with Crippen LogP contribution in [0.4, 0.5) is 5.69 Å². The van der Waals surface area contributed by atoms with Crippen molar-refractivity contribution in [3.05, 3.63) is 52.0 Å². The van der Waals surface area contributed by atoms with Crippen molar-refractivity contribution >= 4 is 17.4 Å². The lowest BCUT2D eigenvalue weighted by Gasteiger charge is -2.59. The van der Waals surface area contributed by atoms with Crippen LogP contribution >= 0.6 is 0 Å². The molecule has 2 aromatic heterocycles. The first-order valence-corrected chi connectivity index (χ1v) is 13.1. The van der Waals surface area contributed by atoms with Gasteiger partial charge >= 0.3 is 0 Å². The third-order valence-electron chi connectivity index (χ3n) is 10.3. The van der Waals surface area contributed by atoms with Gasteiger partial charge < -0.3 is 5.32 Å². The van der Waals surface area contributed by atoms with Crippen molar-refractivity contribution in [3.8, 4) is 11.3 Å². The number of piperidine rings is 1. The summed E-state index contributed by atoms with van der Waals surface area (Å²) in [7, 11) is 0. The molecule has 3 fully saturated rings. The molecule has 3 aliphatic carbocycles. The number of nitro groups is 1. The van der Waals surface area contributed by atoms with Crippen LogP contribution < -0.4 is 5.32 Å². The Morgan fingerprint density at radius 3 is 2.86 bits per heavy atom. The summed E-state index contributed by atoms with van der Waals surface area (Å²) in [5.74, 6) is 2.33. The van der Waals surface area contributed by atoms with Crippen LogP contribution in [0.1, 0.15) is 63.6 Å². The van der Waals surface area contributed by atoms with Crippen molar-refractivity contribution in [1.82, 2.24) is 24.9 Å². The number of rotatable bonds is 2. The standard InChI is InChI=1S/C27H30N6O3/c1-26-11-9-22(34)30-21(26)7-6-17-19(26)8-10-27(2)20(17)13-18-23(15-4-3-5-16(12-15)33(35)36)32-25(28-14-29-32)31-24(18)27/h3-5,12,14,17,19-21H,6-11,13H2,1-2H3,(H,30,34)/t17-,19+,20+,21-,26-,27+/m1/s1. The highest BCUT2D eigenvalue weighted by Gasteiger charge is 2.60. The van der Waals surface area contributed by atoms with Gasteiger partial charge in [0.05, 0.1) is 16.3 Å². The normalized spacial score (nSPS) is 34.9. The molecule has 36 heavy (non-hydrogen) atoms. The number of amides is 1. The van der Waals surface area contributed by atoms with Crippen molar-refractivity contribution in [2.45, 2.75) is 70.3 Å². The Morgan fingerprint density at radius 1 is 1.17 bits per heavy atom. The number of carbonyl (C=O) groups excluding carboxylic acids is 1. The molecule has 0 unspecified atom stereocenters. The zero-order chi connectivity index (χ0) is 24.8. The Hall–Kier alpha value is -3.36. The van der Waals surface area contributed by atoms with E-state index < -0.39 is 0 Å². The van der Waals surface area contributed by atoms with Crippen LogP contribution in [0.15, 0.2) is 30.6 Å². The second-order valence-electron chi connectivity index (χ2n) is 11.8. The van der Waals surface area contributed by atoms with Crippen LogP contribution in [0.2, 0.25) is 0 Å². The minimum Gasteiger partial charge on any atom is -0.353 e. The topological polar surface area (TPSA) is 115 Å². The molecule has 7 rings (SSSR count). The smallest absolute Gasteiger partial charge is 0.270 e. The predicted molar refractivity (Wildman–Crippen MR) is 132 cm³/mol. The third-order valence-corrected chi connectivity index (χ3v) is 10.3. The highest BCUT2D eigenvalue weighted by atomic mass is 16.6. The SMILES string of the molecule is C[C@]12CCC(=O)N[C@@H]1CC[C@@H]1[C@@H]2CC[C@]2(C)c3nc4ncnn4c(-c4cccc([N+](=O)[O-])c4)c3C[C@@H]12. The minimum absolute atomic E-state index is 0.0682.